The molecule has 0 aliphatic heterocycles. The Kier molecular flexibility index (Phi) is 5.13. The van der Waals surface area contributed by atoms with Crippen LogP contribution in [-0.2, 0) is 6.54 Å². The fraction of sp³-hybridized carbons (Fsp3) is 0.294. The van der Waals surface area contributed by atoms with Gasteiger partial charge in [0.25, 0.3) is 0 Å². The highest BCUT2D eigenvalue weighted by atomic mass is 16.3. The summed E-state index contributed by atoms with van der Waals surface area (Å²) in [6.45, 7) is 1.95. The Morgan fingerprint density at radius 1 is 0.947 bits per heavy atom. The van der Waals surface area contributed by atoms with E-state index in [4.69, 9.17) is 0 Å². The number of hydrogen-bond acceptors (Lipinski definition) is 2. The first-order valence-electron chi connectivity index (χ1n) is 6.68. The van der Waals surface area contributed by atoms with Crippen LogP contribution in [0.4, 0.5) is 0 Å². The SMILES string of the molecule is CN(Cc1ccccc1)C[C@H](CO)c1ccccc1. The van der Waals surface area contributed by atoms with Crippen molar-refractivity contribution in [3.05, 3.63) is 71.8 Å². The van der Waals surface area contributed by atoms with Crippen LogP contribution >= 0.6 is 0 Å². The van der Waals surface area contributed by atoms with Crippen LogP contribution in [0.25, 0.3) is 0 Å². The monoisotopic (exact) mass is 255 g/mol. The van der Waals surface area contributed by atoms with Crippen LogP contribution < -0.4 is 0 Å². The lowest BCUT2D eigenvalue weighted by molar-refractivity contribution is 0.217. The van der Waals surface area contributed by atoms with Crippen molar-refractivity contribution >= 4 is 0 Å². The molecule has 2 aromatic rings. The summed E-state index contributed by atoms with van der Waals surface area (Å²) in [5.41, 5.74) is 2.50. The Hall–Kier alpha value is -1.64. The van der Waals surface area contributed by atoms with Crippen LogP contribution in [0, 0.1) is 0 Å². The zero-order chi connectivity index (χ0) is 13.5. The lowest BCUT2D eigenvalue weighted by atomic mass is 9.99. The van der Waals surface area contributed by atoms with Crippen molar-refractivity contribution in [2.24, 2.45) is 0 Å². The topological polar surface area (TPSA) is 23.5 Å². The van der Waals surface area contributed by atoms with E-state index in [1.807, 2.05) is 24.3 Å². The molecule has 2 rings (SSSR count). The van der Waals surface area contributed by atoms with Gasteiger partial charge in [0.05, 0.1) is 6.61 Å². The van der Waals surface area contributed by atoms with E-state index >= 15 is 0 Å². The van der Waals surface area contributed by atoms with Crippen molar-refractivity contribution in [3.8, 4) is 0 Å². The maximum Gasteiger partial charge on any atom is 0.0512 e. The van der Waals surface area contributed by atoms with Gasteiger partial charge >= 0.3 is 0 Å². The van der Waals surface area contributed by atoms with Crippen LogP contribution in [-0.4, -0.2) is 30.2 Å². The van der Waals surface area contributed by atoms with Crippen LogP contribution in [0.15, 0.2) is 60.7 Å². The van der Waals surface area contributed by atoms with E-state index in [0.717, 1.165) is 13.1 Å². The molecule has 2 nitrogen and oxygen atoms in total. The minimum absolute atomic E-state index is 0.176. The zero-order valence-electron chi connectivity index (χ0n) is 11.4. The van der Waals surface area contributed by atoms with E-state index in [1.54, 1.807) is 0 Å². The summed E-state index contributed by atoms with van der Waals surface area (Å²) in [6.07, 6.45) is 0. The molecule has 100 valence electrons. The molecule has 2 aromatic carbocycles. The van der Waals surface area contributed by atoms with Crippen molar-refractivity contribution in [1.82, 2.24) is 4.90 Å². The third kappa shape index (κ3) is 4.19. The van der Waals surface area contributed by atoms with Crippen molar-refractivity contribution < 1.29 is 5.11 Å². The summed E-state index contributed by atoms with van der Waals surface area (Å²) in [7, 11) is 2.10. The van der Waals surface area contributed by atoms with E-state index in [9.17, 15) is 5.11 Å². The number of aliphatic hydroxyl groups is 1. The van der Waals surface area contributed by atoms with Gasteiger partial charge in [0.15, 0.2) is 0 Å². The molecule has 0 spiro atoms. The molecule has 0 aliphatic carbocycles. The third-order valence-corrected chi connectivity index (χ3v) is 3.32. The normalized spacial score (nSPS) is 12.6. The number of aliphatic hydroxyl groups excluding tert-OH is 1. The second kappa shape index (κ2) is 7.07. The molecule has 0 saturated heterocycles. The number of hydrogen-bond donors (Lipinski definition) is 1. The molecule has 0 bridgehead atoms. The summed E-state index contributed by atoms with van der Waals surface area (Å²) >= 11 is 0. The summed E-state index contributed by atoms with van der Waals surface area (Å²) < 4.78 is 0. The maximum atomic E-state index is 9.57. The molecule has 0 aromatic heterocycles. The molecule has 1 N–H and O–H groups in total. The first-order chi connectivity index (χ1) is 9.29. The molecule has 1 atom stereocenters. The molecule has 0 saturated carbocycles. The average Bonchev–Trinajstić information content (AvgIpc) is 2.47. The average molecular weight is 255 g/mol. The van der Waals surface area contributed by atoms with E-state index in [1.165, 1.54) is 11.1 Å². The maximum absolute atomic E-state index is 9.57. The van der Waals surface area contributed by atoms with E-state index < -0.39 is 0 Å². The molecule has 0 aliphatic rings. The molecule has 0 fully saturated rings. The zero-order valence-corrected chi connectivity index (χ0v) is 11.4. The number of benzene rings is 2. The predicted octanol–water partition coefficient (Wildman–Crippen LogP) is 2.89. The fourth-order valence-electron chi connectivity index (χ4n) is 2.33. The van der Waals surface area contributed by atoms with Gasteiger partial charge in [-0.1, -0.05) is 60.7 Å². The second-order valence-corrected chi connectivity index (χ2v) is 4.97. The second-order valence-electron chi connectivity index (χ2n) is 4.97. The molecular weight excluding hydrogens is 234 g/mol. The van der Waals surface area contributed by atoms with Gasteiger partial charge in [-0.3, -0.25) is 0 Å². The lowest BCUT2D eigenvalue weighted by Crippen LogP contribution is -2.26. The predicted molar refractivity (Wildman–Crippen MR) is 79.0 cm³/mol. The van der Waals surface area contributed by atoms with Crippen LogP contribution in [0.5, 0.6) is 0 Å². The minimum atomic E-state index is 0.176. The van der Waals surface area contributed by atoms with Crippen molar-refractivity contribution in [2.75, 3.05) is 20.2 Å². The van der Waals surface area contributed by atoms with Crippen LogP contribution in [0.3, 0.4) is 0 Å². The van der Waals surface area contributed by atoms with E-state index in [0.29, 0.717) is 0 Å². The summed E-state index contributed by atoms with van der Waals surface area (Å²) in [4.78, 5) is 2.25. The van der Waals surface area contributed by atoms with Crippen molar-refractivity contribution in [2.45, 2.75) is 12.5 Å². The molecule has 0 amide bonds. The minimum Gasteiger partial charge on any atom is -0.396 e. The molecule has 0 heterocycles. The molecular formula is C17H21NO. The van der Waals surface area contributed by atoms with Gasteiger partial charge in [0, 0.05) is 19.0 Å². The van der Waals surface area contributed by atoms with Crippen molar-refractivity contribution in [3.63, 3.8) is 0 Å². The molecule has 19 heavy (non-hydrogen) atoms. The molecule has 2 heteroatoms. The third-order valence-electron chi connectivity index (χ3n) is 3.32. The summed E-state index contributed by atoms with van der Waals surface area (Å²) in [6, 6.07) is 20.6. The first-order valence-corrected chi connectivity index (χ1v) is 6.68. The Labute approximate surface area is 115 Å². The summed E-state index contributed by atoms with van der Waals surface area (Å²) in [5, 5.41) is 9.57. The standard InChI is InChI=1S/C17H21NO/c1-18(12-15-8-4-2-5-9-15)13-17(14-19)16-10-6-3-7-11-16/h2-11,17,19H,12-14H2,1H3/t17-/m1/s1. The fourth-order valence-corrected chi connectivity index (χ4v) is 2.33. The first kappa shape index (κ1) is 13.8. The number of nitrogens with zero attached hydrogens (tertiary/aromatic N) is 1. The Balaban J connectivity index is 1.95. The largest absolute Gasteiger partial charge is 0.396 e. The van der Waals surface area contributed by atoms with Gasteiger partial charge in [0.1, 0.15) is 0 Å². The summed E-state index contributed by atoms with van der Waals surface area (Å²) in [5.74, 6) is 0.176. The van der Waals surface area contributed by atoms with Gasteiger partial charge in [-0.05, 0) is 18.2 Å². The lowest BCUT2D eigenvalue weighted by Gasteiger charge is -2.23. The Bertz CT molecular complexity index is 469. The van der Waals surface area contributed by atoms with E-state index in [2.05, 4.69) is 48.3 Å². The van der Waals surface area contributed by atoms with Crippen molar-refractivity contribution in [1.29, 1.82) is 0 Å². The Morgan fingerprint density at radius 3 is 2.11 bits per heavy atom. The quantitative estimate of drug-likeness (QED) is 0.858. The molecule has 0 unspecified atom stereocenters. The van der Waals surface area contributed by atoms with Gasteiger partial charge in [-0.2, -0.15) is 0 Å². The number of likely N-dealkylation sites (N-methyl/N-ethyl adjacent to an activating group) is 1. The Morgan fingerprint density at radius 2 is 1.53 bits per heavy atom. The van der Waals surface area contributed by atoms with Crippen LogP contribution in [0.2, 0.25) is 0 Å². The highest BCUT2D eigenvalue weighted by Gasteiger charge is 2.12. The highest BCUT2D eigenvalue weighted by Crippen LogP contribution is 2.16. The van der Waals surface area contributed by atoms with Gasteiger partial charge in [0.2, 0.25) is 0 Å². The van der Waals surface area contributed by atoms with E-state index in [-0.39, 0.29) is 12.5 Å². The van der Waals surface area contributed by atoms with Crippen LogP contribution in [0.1, 0.15) is 17.0 Å². The molecule has 0 radical (unpaired) electrons. The number of rotatable bonds is 6. The van der Waals surface area contributed by atoms with Gasteiger partial charge < -0.3 is 10.0 Å². The van der Waals surface area contributed by atoms with Gasteiger partial charge in [-0.25, -0.2) is 0 Å². The van der Waals surface area contributed by atoms with Gasteiger partial charge in [-0.15, -0.1) is 0 Å². The highest BCUT2D eigenvalue weighted by molar-refractivity contribution is 5.20. The smallest absolute Gasteiger partial charge is 0.0512 e.